The molecule has 2 aromatic carbocycles. The Kier molecular flexibility index (Phi) is 24.2. The van der Waals surface area contributed by atoms with Gasteiger partial charge in [-0.1, -0.05) is 82.9 Å². The van der Waals surface area contributed by atoms with E-state index in [1.54, 1.807) is 19.2 Å². The van der Waals surface area contributed by atoms with Crippen LogP contribution in [-0.4, -0.2) is 23.4 Å². The van der Waals surface area contributed by atoms with E-state index in [-0.39, 0.29) is 27.2 Å². The van der Waals surface area contributed by atoms with E-state index in [4.69, 9.17) is 10.7 Å². The van der Waals surface area contributed by atoms with E-state index in [1.807, 2.05) is 74.3 Å². The Labute approximate surface area is 294 Å². The standard InChI is InChI=1S/C13H13NS.C7H8S.C6H6BrN.C6H6ClNO2S.3CH4/c1-11-7-8-13(9-14-11)15-10-12-5-3-2-4-6-12;8-6-7-4-2-1-3-5-7;1-5-2-3-6(7)4-8-5;1-5-2-3-6(4-8-5)11(7,9)10;;;/h2-9H,10H2,1H3;1-5,8H,6H2;2-4H,1H3;2-4H,1H3;3*1H4. The van der Waals surface area contributed by atoms with Gasteiger partial charge in [0.25, 0.3) is 9.05 Å². The first-order valence-electron chi connectivity index (χ1n) is 12.8. The third kappa shape index (κ3) is 20.1. The maximum absolute atomic E-state index is 10.7. The van der Waals surface area contributed by atoms with Gasteiger partial charge in [0.2, 0.25) is 0 Å². The summed E-state index contributed by atoms with van der Waals surface area (Å²) in [6, 6.07) is 31.8. The summed E-state index contributed by atoms with van der Waals surface area (Å²) < 4.78 is 22.4. The molecular weight excluding hydrogens is 706 g/mol. The predicted molar refractivity (Wildman–Crippen MR) is 203 cm³/mol. The minimum atomic E-state index is -3.61. The van der Waals surface area contributed by atoms with Gasteiger partial charge in [-0.25, -0.2) is 8.42 Å². The molecule has 5 rings (SSSR count). The Morgan fingerprint density at radius 1 is 0.667 bits per heavy atom. The first-order valence-corrected chi connectivity index (χ1v) is 17.5. The first-order chi connectivity index (χ1) is 20.1. The molecule has 0 fully saturated rings. The molecule has 0 amide bonds. The highest BCUT2D eigenvalue weighted by Crippen LogP contribution is 2.21. The lowest BCUT2D eigenvalue weighted by Crippen LogP contribution is -1.91. The molecule has 0 N–H and O–H groups in total. The van der Waals surface area contributed by atoms with Crippen LogP contribution in [0.4, 0.5) is 0 Å². The van der Waals surface area contributed by atoms with Crippen LogP contribution >= 0.6 is 51.0 Å². The molecule has 5 nitrogen and oxygen atoms in total. The van der Waals surface area contributed by atoms with Gasteiger partial charge in [0.05, 0.1) is 0 Å². The molecule has 0 aliphatic rings. The number of hydrogen-bond donors (Lipinski definition) is 1. The zero-order chi connectivity index (χ0) is 30.8. The lowest BCUT2D eigenvalue weighted by atomic mass is 10.2. The molecular formula is C35H45BrClN3O2S3. The van der Waals surface area contributed by atoms with E-state index in [1.165, 1.54) is 28.3 Å². The van der Waals surface area contributed by atoms with Crippen LogP contribution in [0, 0.1) is 20.8 Å². The molecule has 5 aromatic rings. The van der Waals surface area contributed by atoms with E-state index < -0.39 is 9.05 Å². The molecule has 244 valence electrons. The van der Waals surface area contributed by atoms with Crippen molar-refractivity contribution in [1.29, 1.82) is 0 Å². The van der Waals surface area contributed by atoms with Crippen LogP contribution in [-0.2, 0) is 20.6 Å². The van der Waals surface area contributed by atoms with Gasteiger partial charge < -0.3 is 0 Å². The molecule has 0 spiro atoms. The maximum Gasteiger partial charge on any atom is 0.262 e. The van der Waals surface area contributed by atoms with Crippen molar-refractivity contribution in [3.8, 4) is 0 Å². The van der Waals surface area contributed by atoms with Crippen LogP contribution < -0.4 is 0 Å². The third-order valence-corrected chi connectivity index (χ3v) is 8.42. The lowest BCUT2D eigenvalue weighted by Gasteiger charge is -2.01. The minimum Gasteiger partial charge on any atom is -0.260 e. The van der Waals surface area contributed by atoms with Gasteiger partial charge in [-0.05, 0) is 84.2 Å². The normalized spacial score (nSPS) is 9.47. The van der Waals surface area contributed by atoms with E-state index in [0.29, 0.717) is 0 Å². The number of aromatic nitrogens is 3. The van der Waals surface area contributed by atoms with Gasteiger partial charge >= 0.3 is 0 Å². The average molecular weight is 751 g/mol. The third-order valence-electron chi connectivity index (χ3n) is 5.20. The summed E-state index contributed by atoms with van der Waals surface area (Å²) in [6.07, 6.45) is 4.95. The SMILES string of the molecule is C.C.C.Cc1ccc(Br)cn1.Cc1ccc(S(=O)(=O)Cl)cn1.Cc1ccc(SCc2ccccc2)cn1.SCc1ccccc1. The van der Waals surface area contributed by atoms with Gasteiger partial charge in [-0.15, -0.1) is 11.8 Å². The van der Waals surface area contributed by atoms with Gasteiger partial charge in [0, 0.05) is 67.2 Å². The molecule has 3 heterocycles. The topological polar surface area (TPSA) is 72.8 Å². The van der Waals surface area contributed by atoms with Crippen LogP contribution in [0.2, 0.25) is 0 Å². The van der Waals surface area contributed by atoms with Crippen molar-refractivity contribution < 1.29 is 8.42 Å². The smallest absolute Gasteiger partial charge is 0.260 e. The van der Waals surface area contributed by atoms with Crippen molar-refractivity contribution in [2.75, 3.05) is 0 Å². The number of halogens is 2. The number of rotatable bonds is 5. The molecule has 0 radical (unpaired) electrons. The first kappa shape index (κ1) is 44.4. The molecule has 0 aliphatic heterocycles. The second kappa shape index (κ2) is 24.5. The fraction of sp³-hybridized carbons (Fsp3) is 0.229. The van der Waals surface area contributed by atoms with Crippen LogP contribution in [0.15, 0.2) is 130 Å². The molecule has 0 unspecified atom stereocenters. The fourth-order valence-electron chi connectivity index (χ4n) is 2.91. The van der Waals surface area contributed by atoms with E-state index in [9.17, 15) is 8.42 Å². The second-order valence-corrected chi connectivity index (χ2v) is 13.6. The van der Waals surface area contributed by atoms with Crippen molar-refractivity contribution >= 4 is 60.1 Å². The number of hydrogen-bond acceptors (Lipinski definition) is 7. The van der Waals surface area contributed by atoms with Gasteiger partial charge in [-0.2, -0.15) is 12.6 Å². The van der Waals surface area contributed by atoms with Crippen molar-refractivity contribution in [3.05, 3.63) is 148 Å². The fourth-order valence-corrected chi connectivity index (χ4v) is 4.86. The average Bonchev–Trinajstić information content (AvgIpc) is 3.00. The van der Waals surface area contributed by atoms with E-state index in [0.717, 1.165) is 33.1 Å². The van der Waals surface area contributed by atoms with Gasteiger partial charge in [0.15, 0.2) is 0 Å². The zero-order valence-corrected chi connectivity index (χ0v) is 28.4. The summed E-state index contributed by atoms with van der Waals surface area (Å²) >= 11 is 9.21. The van der Waals surface area contributed by atoms with Crippen molar-refractivity contribution in [1.82, 2.24) is 15.0 Å². The zero-order valence-electron chi connectivity index (χ0n) is 23.6. The monoisotopic (exact) mass is 749 g/mol. The quantitative estimate of drug-likeness (QED) is 0.110. The Bertz CT molecular complexity index is 1520. The second-order valence-electron chi connectivity index (χ2n) is 8.74. The molecule has 10 heteroatoms. The Hall–Kier alpha value is -2.69. The summed E-state index contributed by atoms with van der Waals surface area (Å²) in [5.74, 6) is 1.84. The molecule has 0 saturated heterocycles. The molecule has 0 bridgehead atoms. The number of pyridine rings is 3. The number of aryl methyl sites for hydroxylation is 3. The molecule has 0 aliphatic carbocycles. The Balaban J connectivity index is 0. The Morgan fingerprint density at radius 2 is 1.13 bits per heavy atom. The summed E-state index contributed by atoms with van der Waals surface area (Å²) in [5.41, 5.74) is 5.50. The molecule has 0 saturated carbocycles. The summed E-state index contributed by atoms with van der Waals surface area (Å²) in [4.78, 5) is 13.3. The Morgan fingerprint density at radius 3 is 1.49 bits per heavy atom. The van der Waals surface area contributed by atoms with Crippen LogP contribution in [0.5, 0.6) is 0 Å². The maximum atomic E-state index is 10.7. The van der Waals surface area contributed by atoms with Gasteiger partial charge in [-0.3, -0.25) is 15.0 Å². The van der Waals surface area contributed by atoms with Crippen LogP contribution in [0.3, 0.4) is 0 Å². The largest absolute Gasteiger partial charge is 0.262 e. The van der Waals surface area contributed by atoms with Crippen molar-refractivity contribution in [3.63, 3.8) is 0 Å². The van der Waals surface area contributed by atoms with Crippen LogP contribution in [0.25, 0.3) is 0 Å². The highest BCUT2D eigenvalue weighted by atomic mass is 79.9. The van der Waals surface area contributed by atoms with Crippen LogP contribution in [0.1, 0.15) is 50.5 Å². The number of nitrogens with zero attached hydrogens (tertiary/aromatic N) is 3. The molecule has 3 aromatic heterocycles. The summed E-state index contributed by atoms with van der Waals surface area (Å²) in [6.45, 7) is 5.74. The highest BCUT2D eigenvalue weighted by Gasteiger charge is 2.08. The van der Waals surface area contributed by atoms with Crippen molar-refractivity contribution in [2.45, 2.75) is 64.3 Å². The minimum absolute atomic E-state index is 0. The number of benzene rings is 2. The molecule has 45 heavy (non-hydrogen) atoms. The predicted octanol–water partition coefficient (Wildman–Crippen LogP) is 11.2. The highest BCUT2D eigenvalue weighted by molar-refractivity contribution is 9.10. The summed E-state index contributed by atoms with van der Waals surface area (Å²) in [5, 5.41) is 0. The number of thioether (sulfide) groups is 1. The van der Waals surface area contributed by atoms with E-state index >= 15 is 0 Å². The summed E-state index contributed by atoms with van der Waals surface area (Å²) in [7, 11) is 1.43. The molecule has 0 atom stereocenters. The lowest BCUT2D eigenvalue weighted by molar-refractivity contribution is 0.609. The number of thiol groups is 1. The van der Waals surface area contributed by atoms with E-state index in [2.05, 4.69) is 86.0 Å². The van der Waals surface area contributed by atoms with Gasteiger partial charge in [0.1, 0.15) is 4.90 Å². The van der Waals surface area contributed by atoms with Crippen molar-refractivity contribution in [2.24, 2.45) is 0 Å².